The molecule has 0 saturated carbocycles. The van der Waals surface area contributed by atoms with E-state index < -0.39 is 4.92 Å². The van der Waals surface area contributed by atoms with Crippen LogP contribution in [-0.2, 0) is 0 Å². The van der Waals surface area contributed by atoms with E-state index in [1.807, 2.05) is 40.3 Å². The molecule has 3 aromatic carbocycles. The van der Waals surface area contributed by atoms with Gasteiger partial charge in [0.2, 0.25) is 4.80 Å². The molecule has 9 nitrogen and oxygen atoms in total. The number of non-ortho nitro benzene ring substituents is 1. The Hall–Kier alpha value is -4.70. The first-order valence-corrected chi connectivity index (χ1v) is 11.4. The molecule has 0 fully saturated rings. The molecule has 35 heavy (non-hydrogen) atoms. The van der Waals surface area contributed by atoms with E-state index in [0.29, 0.717) is 15.9 Å². The van der Waals surface area contributed by atoms with Crippen molar-refractivity contribution in [1.29, 1.82) is 0 Å². The minimum atomic E-state index is -0.438. The highest BCUT2D eigenvalue weighted by Crippen LogP contribution is 2.26. The molecule has 0 unspecified atom stereocenters. The summed E-state index contributed by atoms with van der Waals surface area (Å²) in [6.45, 7) is 0.00175. The van der Waals surface area contributed by atoms with E-state index in [1.54, 1.807) is 36.4 Å². The summed E-state index contributed by atoms with van der Waals surface area (Å²) in [6.07, 6.45) is 1.42. The number of para-hydroxylation sites is 1. The van der Waals surface area contributed by atoms with Gasteiger partial charge in [-0.3, -0.25) is 29.2 Å². The van der Waals surface area contributed by atoms with Crippen molar-refractivity contribution in [3.8, 4) is 16.9 Å². The van der Waals surface area contributed by atoms with Gasteiger partial charge in [0.05, 0.1) is 28.3 Å². The zero-order chi connectivity index (χ0) is 24.4. The van der Waals surface area contributed by atoms with Gasteiger partial charge in [-0.05, 0) is 42.0 Å². The molecule has 172 valence electrons. The number of aromatic nitrogens is 1. The van der Waals surface area contributed by atoms with E-state index in [4.69, 9.17) is 0 Å². The molecule has 4 aromatic rings. The number of hydrogen-bond donors (Lipinski definition) is 0. The fourth-order valence-electron chi connectivity index (χ4n) is 3.78. The van der Waals surface area contributed by atoms with Gasteiger partial charge in [-0.2, -0.15) is 5.10 Å². The zero-order valence-electron chi connectivity index (χ0n) is 18.1. The molecular formula is C25H17N5O4S. The van der Waals surface area contributed by atoms with Crippen LogP contribution in [-0.4, -0.2) is 39.0 Å². The van der Waals surface area contributed by atoms with E-state index in [1.165, 1.54) is 29.7 Å². The van der Waals surface area contributed by atoms with Crippen LogP contribution in [0.2, 0.25) is 0 Å². The highest BCUT2D eigenvalue weighted by Gasteiger charge is 2.34. The topological polar surface area (TPSA) is 110 Å². The van der Waals surface area contributed by atoms with Crippen LogP contribution < -0.4 is 4.80 Å². The Morgan fingerprint density at radius 1 is 0.886 bits per heavy atom. The Balaban J connectivity index is 1.45. The Kier molecular flexibility index (Phi) is 5.86. The van der Waals surface area contributed by atoms with E-state index in [9.17, 15) is 19.7 Å². The lowest BCUT2D eigenvalue weighted by molar-refractivity contribution is -0.384. The highest BCUT2D eigenvalue weighted by molar-refractivity contribution is 7.07. The Morgan fingerprint density at radius 3 is 2.14 bits per heavy atom. The number of benzene rings is 3. The average Bonchev–Trinajstić information content (AvgIpc) is 3.42. The number of amides is 2. The van der Waals surface area contributed by atoms with Crippen LogP contribution in [0.4, 0.5) is 5.69 Å². The van der Waals surface area contributed by atoms with Gasteiger partial charge < -0.3 is 0 Å². The number of carbonyl (C=O) groups is 2. The van der Waals surface area contributed by atoms with Gasteiger partial charge in [-0.15, -0.1) is 16.4 Å². The first kappa shape index (κ1) is 22.1. The van der Waals surface area contributed by atoms with Crippen molar-refractivity contribution in [1.82, 2.24) is 9.47 Å². The number of carbonyl (C=O) groups excluding carboxylic acids is 2. The number of nitrogens with zero attached hydrogens (tertiary/aromatic N) is 5. The molecular weight excluding hydrogens is 466 g/mol. The van der Waals surface area contributed by atoms with Gasteiger partial charge in [0.15, 0.2) is 0 Å². The van der Waals surface area contributed by atoms with Crippen molar-refractivity contribution in [2.75, 3.05) is 6.54 Å². The van der Waals surface area contributed by atoms with Gasteiger partial charge in [-0.1, -0.05) is 30.3 Å². The Morgan fingerprint density at radius 2 is 1.51 bits per heavy atom. The van der Waals surface area contributed by atoms with Crippen LogP contribution in [0, 0.1) is 10.1 Å². The molecule has 0 radical (unpaired) electrons. The minimum absolute atomic E-state index is 0.00175. The lowest BCUT2D eigenvalue weighted by Gasteiger charge is -2.09. The summed E-state index contributed by atoms with van der Waals surface area (Å²) in [4.78, 5) is 37.3. The average molecular weight is 484 g/mol. The third-order valence-electron chi connectivity index (χ3n) is 5.46. The van der Waals surface area contributed by atoms with E-state index in [0.717, 1.165) is 21.8 Å². The van der Waals surface area contributed by atoms with E-state index in [2.05, 4.69) is 10.2 Å². The number of fused-ring (bicyclic) bond motifs is 1. The van der Waals surface area contributed by atoms with Crippen LogP contribution in [0.5, 0.6) is 0 Å². The summed E-state index contributed by atoms with van der Waals surface area (Å²) in [5, 5.41) is 21.4. The van der Waals surface area contributed by atoms with Crippen LogP contribution in [0.25, 0.3) is 16.9 Å². The molecule has 5 rings (SSSR count). The summed E-state index contributed by atoms with van der Waals surface area (Å²) < 4.78 is 1.89. The Labute approximate surface area is 203 Å². The number of nitro groups is 1. The van der Waals surface area contributed by atoms with Crippen molar-refractivity contribution < 1.29 is 14.5 Å². The molecule has 0 atom stereocenters. The summed E-state index contributed by atoms with van der Waals surface area (Å²) in [7, 11) is 0. The summed E-state index contributed by atoms with van der Waals surface area (Å²) in [5.74, 6) is -0.707. The van der Waals surface area contributed by atoms with Gasteiger partial charge in [-0.25, -0.2) is 0 Å². The Bertz CT molecular complexity index is 1500. The van der Waals surface area contributed by atoms with Crippen molar-refractivity contribution in [3.05, 3.63) is 110 Å². The zero-order valence-corrected chi connectivity index (χ0v) is 19.0. The molecule has 2 amide bonds. The van der Waals surface area contributed by atoms with Crippen LogP contribution >= 0.6 is 11.3 Å². The molecule has 10 heteroatoms. The van der Waals surface area contributed by atoms with Gasteiger partial charge in [0.25, 0.3) is 17.5 Å². The molecule has 0 saturated heterocycles. The summed E-state index contributed by atoms with van der Waals surface area (Å²) in [5.41, 5.74) is 3.21. The first-order valence-electron chi connectivity index (χ1n) is 10.6. The molecule has 1 aliphatic heterocycles. The quantitative estimate of drug-likeness (QED) is 0.176. The molecule has 1 aromatic heterocycles. The molecule has 1 aliphatic rings. The fraction of sp³-hybridized carbons (Fsp3) is 0.0400. The number of hydrogen-bond acceptors (Lipinski definition) is 7. The maximum atomic E-state index is 12.5. The second kappa shape index (κ2) is 9.27. The first-order chi connectivity index (χ1) is 17.0. The predicted octanol–water partition coefficient (Wildman–Crippen LogP) is 4.30. The third kappa shape index (κ3) is 4.18. The standard InChI is InChI=1S/C25H17N5O4S/c31-23-20-8-4-5-9-21(20)24(32)28(23)15-14-26-27-25-29(18-6-2-1-3-7-18)22(16-35-25)17-10-12-19(13-11-17)30(33)34/h1-14,16H,15H2/b26-14+,27-25-. The summed E-state index contributed by atoms with van der Waals surface area (Å²) >= 11 is 1.35. The number of imide groups is 1. The SMILES string of the molecule is O=C1c2ccccc2C(=O)N1C/C=N/N=c1\scc(-c2ccc([N+](=O)[O-])cc2)n1-c1ccccc1. The third-order valence-corrected chi connectivity index (χ3v) is 6.28. The normalized spacial score (nSPS) is 13.6. The van der Waals surface area contributed by atoms with E-state index in [-0.39, 0.29) is 24.0 Å². The van der Waals surface area contributed by atoms with Gasteiger partial charge >= 0.3 is 0 Å². The monoisotopic (exact) mass is 483 g/mol. The highest BCUT2D eigenvalue weighted by atomic mass is 32.1. The van der Waals surface area contributed by atoms with Gasteiger partial charge in [0.1, 0.15) is 0 Å². The molecule has 2 heterocycles. The molecule has 0 bridgehead atoms. The van der Waals surface area contributed by atoms with Gasteiger partial charge in [0, 0.05) is 29.4 Å². The van der Waals surface area contributed by atoms with E-state index >= 15 is 0 Å². The molecule has 0 aliphatic carbocycles. The molecule has 0 N–H and O–H groups in total. The maximum Gasteiger partial charge on any atom is 0.269 e. The minimum Gasteiger partial charge on any atom is -0.284 e. The maximum absolute atomic E-state index is 12.5. The van der Waals surface area contributed by atoms with Crippen molar-refractivity contribution in [2.24, 2.45) is 10.2 Å². The summed E-state index contributed by atoms with van der Waals surface area (Å²) in [6, 6.07) is 22.5. The second-order valence-electron chi connectivity index (χ2n) is 7.54. The lowest BCUT2D eigenvalue weighted by Crippen LogP contribution is -2.31. The largest absolute Gasteiger partial charge is 0.284 e. The predicted molar refractivity (Wildman–Crippen MR) is 132 cm³/mol. The number of thiazole rings is 1. The lowest BCUT2D eigenvalue weighted by atomic mass is 10.1. The van der Waals surface area contributed by atoms with Crippen molar-refractivity contribution >= 4 is 35.1 Å². The van der Waals surface area contributed by atoms with Crippen LogP contribution in [0.1, 0.15) is 20.7 Å². The van der Waals surface area contributed by atoms with Crippen molar-refractivity contribution in [2.45, 2.75) is 0 Å². The fourth-order valence-corrected chi connectivity index (χ4v) is 4.64. The number of rotatable bonds is 6. The van der Waals surface area contributed by atoms with Crippen LogP contribution in [0.15, 0.2) is 94.4 Å². The van der Waals surface area contributed by atoms with Crippen LogP contribution in [0.3, 0.4) is 0 Å². The van der Waals surface area contributed by atoms with Crippen molar-refractivity contribution in [3.63, 3.8) is 0 Å². The second-order valence-corrected chi connectivity index (χ2v) is 8.38. The molecule has 0 spiro atoms. The number of nitro benzene ring substituents is 1. The smallest absolute Gasteiger partial charge is 0.269 e.